The molecule has 4 nitrogen and oxygen atoms in total. The highest BCUT2D eigenvalue weighted by molar-refractivity contribution is 6.30. The van der Waals surface area contributed by atoms with Crippen molar-refractivity contribution in [3.8, 4) is 0 Å². The van der Waals surface area contributed by atoms with Gasteiger partial charge in [-0.15, -0.1) is 0 Å². The molecule has 0 aliphatic heterocycles. The Kier molecular flexibility index (Phi) is 5.22. The number of aromatic nitrogens is 1. The minimum absolute atomic E-state index is 0.00130. The van der Waals surface area contributed by atoms with Crippen LogP contribution in [0.3, 0.4) is 0 Å². The average molecular weight is 256 g/mol. The van der Waals surface area contributed by atoms with Crippen molar-refractivity contribution >= 4 is 23.3 Å². The number of nitrogens with one attached hydrogen (secondary N) is 1. The first-order valence-corrected chi connectivity index (χ1v) is 6.06. The third-order valence-electron chi connectivity index (χ3n) is 2.20. The second kappa shape index (κ2) is 6.45. The number of carbonyl (C=O) groups excluding carboxylic acids is 1. The van der Waals surface area contributed by atoms with Gasteiger partial charge in [-0.1, -0.05) is 11.6 Å². The number of carbonyl (C=O) groups is 1. The molecule has 0 aliphatic carbocycles. The molecule has 0 aliphatic rings. The number of hydrogen-bond acceptors (Lipinski definition) is 3. The minimum Gasteiger partial charge on any atom is -0.352 e. The molecule has 17 heavy (non-hydrogen) atoms. The Morgan fingerprint density at radius 3 is 2.71 bits per heavy atom. The summed E-state index contributed by atoms with van der Waals surface area (Å²) in [7, 11) is 0. The second-order valence-electron chi connectivity index (χ2n) is 4.07. The van der Waals surface area contributed by atoms with Crippen molar-refractivity contribution in [2.45, 2.75) is 26.8 Å². The van der Waals surface area contributed by atoms with E-state index in [0.717, 1.165) is 12.4 Å². The van der Waals surface area contributed by atoms with Crippen LogP contribution in [0.15, 0.2) is 18.3 Å². The van der Waals surface area contributed by atoms with Gasteiger partial charge in [0.25, 0.3) is 0 Å². The van der Waals surface area contributed by atoms with Crippen molar-refractivity contribution in [1.29, 1.82) is 0 Å². The Morgan fingerprint density at radius 2 is 2.24 bits per heavy atom. The topological polar surface area (TPSA) is 45.2 Å². The molecule has 0 saturated carbocycles. The van der Waals surface area contributed by atoms with Crippen LogP contribution in [0.25, 0.3) is 0 Å². The number of likely N-dealkylation sites (N-methyl/N-ethyl adjacent to an activating group) is 1. The van der Waals surface area contributed by atoms with Crippen molar-refractivity contribution in [1.82, 2.24) is 10.3 Å². The third kappa shape index (κ3) is 4.61. The lowest BCUT2D eigenvalue weighted by atomic mass is 10.3. The Balaban J connectivity index is 2.65. The molecule has 0 aromatic carbocycles. The van der Waals surface area contributed by atoms with E-state index >= 15 is 0 Å². The largest absolute Gasteiger partial charge is 0.352 e. The summed E-state index contributed by atoms with van der Waals surface area (Å²) in [6, 6.07) is 3.74. The lowest BCUT2D eigenvalue weighted by Crippen LogP contribution is -2.40. The Morgan fingerprint density at radius 1 is 1.53 bits per heavy atom. The van der Waals surface area contributed by atoms with E-state index in [9.17, 15) is 4.79 Å². The van der Waals surface area contributed by atoms with Crippen LogP contribution in [0.1, 0.15) is 20.8 Å². The zero-order valence-corrected chi connectivity index (χ0v) is 11.2. The lowest BCUT2D eigenvalue weighted by molar-refractivity contribution is -0.120. The maximum Gasteiger partial charge on any atom is 0.239 e. The molecule has 0 spiro atoms. The van der Waals surface area contributed by atoms with Gasteiger partial charge < -0.3 is 10.2 Å². The smallest absolute Gasteiger partial charge is 0.239 e. The molecule has 1 amide bonds. The fourth-order valence-corrected chi connectivity index (χ4v) is 1.56. The van der Waals surface area contributed by atoms with E-state index in [-0.39, 0.29) is 11.9 Å². The van der Waals surface area contributed by atoms with E-state index < -0.39 is 0 Å². The summed E-state index contributed by atoms with van der Waals surface area (Å²) in [6.07, 6.45) is 1.58. The summed E-state index contributed by atoms with van der Waals surface area (Å²) >= 11 is 5.77. The van der Waals surface area contributed by atoms with Crippen molar-refractivity contribution in [3.05, 3.63) is 23.4 Å². The van der Waals surface area contributed by atoms with Crippen LogP contribution in [-0.4, -0.2) is 30.0 Å². The number of rotatable bonds is 5. The molecule has 0 bridgehead atoms. The predicted molar refractivity (Wildman–Crippen MR) is 70.4 cm³/mol. The molecule has 0 fully saturated rings. The number of halogens is 1. The second-order valence-corrected chi connectivity index (χ2v) is 4.51. The number of hydrogen-bond donors (Lipinski definition) is 1. The summed E-state index contributed by atoms with van der Waals surface area (Å²) in [4.78, 5) is 17.7. The van der Waals surface area contributed by atoms with Crippen molar-refractivity contribution in [2.75, 3.05) is 18.0 Å². The molecule has 0 atom stereocenters. The van der Waals surface area contributed by atoms with Crippen LogP contribution in [0, 0.1) is 0 Å². The maximum absolute atomic E-state index is 11.7. The van der Waals surface area contributed by atoms with Crippen LogP contribution in [0.4, 0.5) is 5.82 Å². The summed E-state index contributed by atoms with van der Waals surface area (Å²) in [5.74, 6) is 0.759. The molecule has 0 saturated heterocycles. The molecule has 1 rings (SSSR count). The van der Waals surface area contributed by atoms with E-state index in [4.69, 9.17) is 11.6 Å². The van der Waals surface area contributed by atoms with Crippen LogP contribution in [-0.2, 0) is 4.79 Å². The zero-order valence-electron chi connectivity index (χ0n) is 10.4. The lowest BCUT2D eigenvalue weighted by Gasteiger charge is -2.21. The van der Waals surface area contributed by atoms with E-state index in [0.29, 0.717) is 11.6 Å². The van der Waals surface area contributed by atoms with Gasteiger partial charge in [0.05, 0.1) is 11.6 Å². The molecule has 1 aromatic rings. The molecule has 94 valence electrons. The highest BCUT2D eigenvalue weighted by Crippen LogP contribution is 2.13. The summed E-state index contributed by atoms with van der Waals surface area (Å²) in [5.41, 5.74) is 0. The molecule has 1 N–H and O–H groups in total. The van der Waals surface area contributed by atoms with E-state index in [1.54, 1.807) is 12.3 Å². The Bertz CT molecular complexity index is 365. The van der Waals surface area contributed by atoms with Gasteiger partial charge in [0.1, 0.15) is 5.82 Å². The number of amides is 1. The zero-order chi connectivity index (χ0) is 12.8. The van der Waals surface area contributed by atoms with E-state index in [1.165, 1.54) is 0 Å². The van der Waals surface area contributed by atoms with Gasteiger partial charge >= 0.3 is 0 Å². The fraction of sp³-hybridized carbons (Fsp3) is 0.500. The first-order valence-electron chi connectivity index (χ1n) is 5.68. The predicted octanol–water partition coefficient (Wildman–Crippen LogP) is 2.09. The standard InChI is InChI=1S/C12H18ClN3O/c1-4-16(8-12(17)15-9(2)3)11-6-5-10(13)7-14-11/h5-7,9H,4,8H2,1-3H3,(H,15,17). The summed E-state index contributed by atoms with van der Waals surface area (Å²) in [6.45, 7) is 6.89. The normalized spacial score (nSPS) is 10.4. The van der Waals surface area contributed by atoms with Crippen molar-refractivity contribution in [2.24, 2.45) is 0 Å². The number of pyridine rings is 1. The Labute approximate surface area is 107 Å². The first kappa shape index (κ1) is 13.8. The van der Waals surface area contributed by atoms with Crippen LogP contribution >= 0.6 is 11.6 Å². The van der Waals surface area contributed by atoms with Crippen molar-refractivity contribution < 1.29 is 4.79 Å². The van der Waals surface area contributed by atoms with Gasteiger partial charge in [0, 0.05) is 18.8 Å². The first-order chi connectivity index (χ1) is 8.02. The Hall–Kier alpha value is -1.29. The summed E-state index contributed by atoms with van der Waals surface area (Å²) in [5, 5.41) is 3.45. The number of nitrogens with zero attached hydrogens (tertiary/aromatic N) is 2. The van der Waals surface area contributed by atoms with Gasteiger partial charge in [0.2, 0.25) is 5.91 Å². The molecule has 1 aromatic heterocycles. The molecular weight excluding hydrogens is 238 g/mol. The maximum atomic E-state index is 11.7. The van der Waals surface area contributed by atoms with Crippen LogP contribution < -0.4 is 10.2 Å². The minimum atomic E-state index is -0.00130. The van der Waals surface area contributed by atoms with Gasteiger partial charge in [-0.25, -0.2) is 4.98 Å². The monoisotopic (exact) mass is 255 g/mol. The van der Waals surface area contributed by atoms with Crippen LogP contribution in [0.5, 0.6) is 0 Å². The van der Waals surface area contributed by atoms with Gasteiger partial charge in [-0.2, -0.15) is 0 Å². The highest BCUT2D eigenvalue weighted by atomic mass is 35.5. The number of anilines is 1. The van der Waals surface area contributed by atoms with Gasteiger partial charge in [-0.3, -0.25) is 4.79 Å². The molecular formula is C12H18ClN3O. The fourth-order valence-electron chi connectivity index (χ4n) is 1.45. The highest BCUT2D eigenvalue weighted by Gasteiger charge is 2.11. The van der Waals surface area contributed by atoms with E-state index in [1.807, 2.05) is 31.7 Å². The van der Waals surface area contributed by atoms with Gasteiger partial charge in [0.15, 0.2) is 0 Å². The average Bonchev–Trinajstić information content (AvgIpc) is 2.26. The molecule has 5 heteroatoms. The quantitative estimate of drug-likeness (QED) is 0.876. The molecule has 1 heterocycles. The third-order valence-corrected chi connectivity index (χ3v) is 2.43. The van der Waals surface area contributed by atoms with Crippen molar-refractivity contribution in [3.63, 3.8) is 0 Å². The SMILES string of the molecule is CCN(CC(=O)NC(C)C)c1ccc(Cl)cn1. The molecule has 0 radical (unpaired) electrons. The van der Waals surface area contributed by atoms with E-state index in [2.05, 4.69) is 10.3 Å². The summed E-state index contributed by atoms with van der Waals surface area (Å²) < 4.78 is 0. The van der Waals surface area contributed by atoms with Crippen LogP contribution in [0.2, 0.25) is 5.02 Å². The van der Waals surface area contributed by atoms with Gasteiger partial charge in [-0.05, 0) is 32.9 Å². The molecule has 0 unspecified atom stereocenters.